The molecule has 7 heteroatoms. The number of rotatable bonds is 4. The molecule has 1 heterocycles. The van der Waals surface area contributed by atoms with Crippen molar-refractivity contribution in [2.24, 2.45) is 0 Å². The molecule has 0 aliphatic carbocycles. The maximum Gasteiger partial charge on any atom is 0.301 e. The van der Waals surface area contributed by atoms with Crippen molar-refractivity contribution in [3.05, 3.63) is 46.5 Å². The van der Waals surface area contributed by atoms with Crippen LogP contribution in [0.15, 0.2) is 36.4 Å². The molecule has 1 aromatic heterocycles. The highest BCUT2D eigenvalue weighted by Crippen LogP contribution is 2.40. The number of nitro groups is 1. The van der Waals surface area contributed by atoms with Crippen LogP contribution in [0.4, 0.5) is 5.69 Å². The molecule has 0 atom stereocenters. The number of aromatic amines is 1. The lowest BCUT2D eigenvalue weighted by atomic mass is 10.2. The second kappa shape index (κ2) is 5.36. The Morgan fingerprint density at radius 1 is 1.18 bits per heavy atom. The highest BCUT2D eigenvalue weighted by atomic mass is 16.6. The fourth-order valence-electron chi connectivity index (χ4n) is 2.33. The molecule has 22 heavy (non-hydrogen) atoms. The minimum Gasteiger partial charge on any atom is -0.493 e. The van der Waals surface area contributed by atoms with Crippen LogP contribution in [0.2, 0.25) is 0 Å². The highest BCUT2D eigenvalue weighted by molar-refractivity contribution is 5.94. The lowest BCUT2D eigenvalue weighted by molar-refractivity contribution is -0.383. The smallest absolute Gasteiger partial charge is 0.301 e. The van der Waals surface area contributed by atoms with Gasteiger partial charge in [0.15, 0.2) is 17.0 Å². The minimum absolute atomic E-state index is 0.133. The van der Waals surface area contributed by atoms with Crippen molar-refractivity contribution in [2.45, 2.75) is 0 Å². The maximum atomic E-state index is 11.3. The summed E-state index contributed by atoms with van der Waals surface area (Å²) in [6.07, 6.45) is 0. The van der Waals surface area contributed by atoms with Gasteiger partial charge in [-0.1, -0.05) is 30.3 Å². The average Bonchev–Trinajstić information content (AvgIpc) is 2.98. The number of ether oxygens (including phenoxy) is 2. The number of hydrogen-bond donors (Lipinski definition) is 1. The Bertz CT molecular complexity index is 843. The number of fused-ring (bicyclic) bond motifs is 1. The van der Waals surface area contributed by atoms with E-state index in [9.17, 15) is 10.1 Å². The standard InChI is InChI=1S/C15H13N3O4/c1-21-11-8-10(18(19)20)12-13(14(11)22-2)17-15(16-12)9-6-4-3-5-7-9/h3-8H,1-2H3,(H,16,17). The summed E-state index contributed by atoms with van der Waals surface area (Å²) in [5.41, 5.74) is 1.37. The van der Waals surface area contributed by atoms with Gasteiger partial charge in [-0.15, -0.1) is 0 Å². The van der Waals surface area contributed by atoms with Crippen LogP contribution in [0.5, 0.6) is 11.5 Å². The normalized spacial score (nSPS) is 10.6. The van der Waals surface area contributed by atoms with Crippen LogP contribution in [0, 0.1) is 10.1 Å². The van der Waals surface area contributed by atoms with E-state index in [1.165, 1.54) is 20.3 Å². The van der Waals surface area contributed by atoms with E-state index in [0.717, 1.165) is 5.56 Å². The quantitative estimate of drug-likeness (QED) is 0.590. The first-order valence-electron chi connectivity index (χ1n) is 6.50. The van der Waals surface area contributed by atoms with Gasteiger partial charge in [0.25, 0.3) is 0 Å². The summed E-state index contributed by atoms with van der Waals surface area (Å²) in [7, 11) is 2.91. The van der Waals surface area contributed by atoms with Crippen LogP contribution in [-0.4, -0.2) is 29.1 Å². The molecule has 2 aromatic carbocycles. The van der Waals surface area contributed by atoms with E-state index in [-0.39, 0.29) is 17.0 Å². The zero-order valence-corrected chi connectivity index (χ0v) is 12.0. The summed E-state index contributed by atoms with van der Waals surface area (Å²) in [5.74, 6) is 1.20. The molecule has 0 fully saturated rings. The molecular formula is C15H13N3O4. The number of imidazole rings is 1. The van der Waals surface area contributed by atoms with E-state index in [4.69, 9.17) is 9.47 Å². The van der Waals surface area contributed by atoms with E-state index in [1.807, 2.05) is 30.3 Å². The predicted octanol–water partition coefficient (Wildman–Crippen LogP) is 3.16. The molecule has 0 bridgehead atoms. The number of aromatic nitrogens is 2. The maximum absolute atomic E-state index is 11.3. The van der Waals surface area contributed by atoms with Gasteiger partial charge in [-0.05, 0) is 0 Å². The SMILES string of the molecule is COc1cc([N+](=O)[O-])c2nc(-c3ccccc3)[nH]c2c1OC. The lowest BCUT2D eigenvalue weighted by Crippen LogP contribution is -1.96. The molecular weight excluding hydrogens is 286 g/mol. The second-order valence-corrected chi connectivity index (χ2v) is 4.56. The van der Waals surface area contributed by atoms with Crippen molar-refractivity contribution in [1.29, 1.82) is 0 Å². The van der Waals surface area contributed by atoms with Crippen LogP contribution in [0.25, 0.3) is 22.4 Å². The molecule has 3 aromatic rings. The summed E-state index contributed by atoms with van der Waals surface area (Å²) >= 11 is 0. The van der Waals surface area contributed by atoms with Gasteiger partial charge in [0, 0.05) is 5.56 Å². The van der Waals surface area contributed by atoms with Crippen molar-refractivity contribution in [2.75, 3.05) is 14.2 Å². The average molecular weight is 299 g/mol. The third kappa shape index (κ3) is 2.12. The van der Waals surface area contributed by atoms with Gasteiger partial charge >= 0.3 is 5.69 Å². The first-order valence-corrected chi connectivity index (χ1v) is 6.50. The van der Waals surface area contributed by atoms with Gasteiger partial charge in [0.05, 0.1) is 25.2 Å². The van der Waals surface area contributed by atoms with Crippen LogP contribution in [0.1, 0.15) is 0 Å². The molecule has 112 valence electrons. The fraction of sp³-hybridized carbons (Fsp3) is 0.133. The third-order valence-corrected chi connectivity index (χ3v) is 3.33. The summed E-state index contributed by atoms with van der Waals surface area (Å²) < 4.78 is 10.5. The summed E-state index contributed by atoms with van der Waals surface area (Å²) in [4.78, 5) is 18.2. The van der Waals surface area contributed by atoms with Crippen molar-refractivity contribution in [1.82, 2.24) is 9.97 Å². The molecule has 0 saturated heterocycles. The van der Waals surface area contributed by atoms with Gasteiger partial charge in [0.2, 0.25) is 0 Å². The lowest BCUT2D eigenvalue weighted by Gasteiger charge is -2.07. The summed E-state index contributed by atoms with van der Waals surface area (Å²) in [6.45, 7) is 0. The molecule has 7 nitrogen and oxygen atoms in total. The van der Waals surface area contributed by atoms with Crippen molar-refractivity contribution >= 4 is 16.7 Å². The molecule has 0 amide bonds. The predicted molar refractivity (Wildman–Crippen MR) is 81.3 cm³/mol. The second-order valence-electron chi connectivity index (χ2n) is 4.56. The zero-order chi connectivity index (χ0) is 15.7. The summed E-state index contributed by atoms with van der Waals surface area (Å²) in [5, 5.41) is 11.3. The highest BCUT2D eigenvalue weighted by Gasteiger charge is 2.24. The Labute approximate surface area is 125 Å². The first-order chi connectivity index (χ1) is 10.7. The summed E-state index contributed by atoms with van der Waals surface area (Å²) in [6, 6.07) is 10.7. The van der Waals surface area contributed by atoms with Gasteiger partial charge in [-0.25, -0.2) is 4.98 Å². The first kappa shape index (κ1) is 13.9. The van der Waals surface area contributed by atoms with E-state index < -0.39 is 4.92 Å². The molecule has 0 radical (unpaired) electrons. The topological polar surface area (TPSA) is 90.3 Å². The monoisotopic (exact) mass is 299 g/mol. The Kier molecular flexibility index (Phi) is 3.38. The van der Waals surface area contributed by atoms with Crippen molar-refractivity contribution < 1.29 is 14.4 Å². The van der Waals surface area contributed by atoms with E-state index in [2.05, 4.69) is 9.97 Å². The molecule has 0 aliphatic heterocycles. The number of H-pyrrole nitrogens is 1. The zero-order valence-electron chi connectivity index (χ0n) is 12.0. The van der Waals surface area contributed by atoms with Crippen LogP contribution in [0.3, 0.4) is 0 Å². The van der Waals surface area contributed by atoms with Crippen molar-refractivity contribution in [3.63, 3.8) is 0 Å². The Morgan fingerprint density at radius 3 is 2.50 bits per heavy atom. The van der Waals surface area contributed by atoms with Gasteiger partial charge < -0.3 is 14.5 Å². The molecule has 0 unspecified atom stereocenters. The Balaban J connectivity index is 2.33. The molecule has 0 saturated carbocycles. The number of nitro benzene ring substituents is 1. The van der Waals surface area contributed by atoms with E-state index in [0.29, 0.717) is 17.1 Å². The molecule has 0 spiro atoms. The van der Waals surface area contributed by atoms with Crippen LogP contribution in [-0.2, 0) is 0 Å². The number of nitrogens with zero attached hydrogens (tertiary/aromatic N) is 2. The Hall–Kier alpha value is -3.09. The molecule has 3 rings (SSSR count). The number of non-ortho nitro benzene ring substituents is 1. The largest absolute Gasteiger partial charge is 0.493 e. The third-order valence-electron chi connectivity index (χ3n) is 3.33. The van der Waals surface area contributed by atoms with Gasteiger partial charge in [-0.3, -0.25) is 10.1 Å². The van der Waals surface area contributed by atoms with E-state index in [1.54, 1.807) is 0 Å². The number of nitrogens with one attached hydrogen (secondary N) is 1. The van der Waals surface area contributed by atoms with Crippen molar-refractivity contribution in [3.8, 4) is 22.9 Å². The number of hydrogen-bond acceptors (Lipinski definition) is 5. The van der Waals surface area contributed by atoms with Gasteiger partial charge in [-0.2, -0.15) is 0 Å². The fourth-order valence-corrected chi connectivity index (χ4v) is 2.33. The van der Waals surface area contributed by atoms with Crippen LogP contribution < -0.4 is 9.47 Å². The number of methoxy groups -OCH3 is 2. The number of benzene rings is 2. The van der Waals surface area contributed by atoms with E-state index >= 15 is 0 Å². The molecule has 1 N–H and O–H groups in total. The van der Waals surface area contributed by atoms with Crippen LogP contribution >= 0.6 is 0 Å². The van der Waals surface area contributed by atoms with Gasteiger partial charge in [0.1, 0.15) is 11.3 Å². The minimum atomic E-state index is -0.486. The Morgan fingerprint density at radius 2 is 1.91 bits per heavy atom. The molecule has 0 aliphatic rings.